The van der Waals surface area contributed by atoms with Crippen LogP contribution in [0.25, 0.3) is 11.0 Å². The van der Waals surface area contributed by atoms with Crippen molar-refractivity contribution in [1.29, 1.82) is 5.26 Å². The summed E-state index contributed by atoms with van der Waals surface area (Å²) in [6, 6.07) is 8.07. The van der Waals surface area contributed by atoms with Gasteiger partial charge >= 0.3 is 6.09 Å². The Bertz CT molecular complexity index is 1270. The highest BCUT2D eigenvalue weighted by molar-refractivity contribution is 9.10. The van der Waals surface area contributed by atoms with E-state index in [9.17, 15) is 14.4 Å². The normalized spacial score (nSPS) is 21.1. The number of amides is 1. The van der Waals surface area contributed by atoms with E-state index in [4.69, 9.17) is 10.5 Å². The lowest BCUT2D eigenvalue weighted by Crippen LogP contribution is -2.56. The second kappa shape index (κ2) is 8.26. The van der Waals surface area contributed by atoms with Gasteiger partial charge in [-0.25, -0.2) is 14.2 Å². The number of fused-ring (bicyclic) bond motifs is 1. The number of primary amides is 1. The first-order chi connectivity index (χ1) is 15.6. The number of nitrogens with zero attached hydrogens (tertiary/aromatic N) is 5. The minimum Gasteiger partial charge on any atom is -0.438 e. The number of anilines is 1. The topological polar surface area (TPSA) is 134 Å². The Morgan fingerprint density at radius 2 is 2.12 bits per heavy atom. The molecule has 0 bridgehead atoms. The molecule has 0 spiro atoms. The van der Waals surface area contributed by atoms with Crippen LogP contribution < -0.4 is 10.6 Å². The number of nitriles is 1. The highest BCUT2D eigenvalue weighted by Crippen LogP contribution is 2.46. The third-order valence-corrected chi connectivity index (χ3v) is 6.62. The van der Waals surface area contributed by atoms with E-state index in [1.54, 1.807) is 18.2 Å². The first-order valence-electron chi connectivity index (χ1n) is 10.4. The molecule has 3 heterocycles. The first kappa shape index (κ1) is 22.9. The zero-order valence-electron chi connectivity index (χ0n) is 18.4. The molecule has 11 heteroatoms. The Balaban J connectivity index is 1.82. The summed E-state index contributed by atoms with van der Waals surface area (Å²) < 4.78 is 21.0. The average Bonchev–Trinajstić information content (AvgIpc) is 3.13. The molecule has 0 radical (unpaired) electrons. The lowest BCUT2D eigenvalue weighted by atomic mass is 9.72. The number of ether oxygens (including phenoxy) is 1. The summed E-state index contributed by atoms with van der Waals surface area (Å²) in [5, 5.41) is 17.0. The molecule has 1 aliphatic rings. The molecule has 1 aliphatic heterocycles. The van der Waals surface area contributed by atoms with Crippen LogP contribution in [-0.2, 0) is 10.3 Å². The molecule has 172 valence electrons. The van der Waals surface area contributed by atoms with E-state index >= 15 is 0 Å². The number of carbonyl (C=O) groups excluding carboxylic acids is 1. The number of piperidine rings is 1. The fraction of sp³-hybridized carbons (Fsp3) is 0.409. The van der Waals surface area contributed by atoms with Crippen molar-refractivity contribution in [3.63, 3.8) is 0 Å². The van der Waals surface area contributed by atoms with Crippen molar-refractivity contribution in [3.05, 3.63) is 45.9 Å². The molecule has 9 nitrogen and oxygen atoms in total. The smallest absolute Gasteiger partial charge is 0.405 e. The van der Waals surface area contributed by atoms with Crippen molar-refractivity contribution in [3.8, 4) is 6.07 Å². The fourth-order valence-electron chi connectivity index (χ4n) is 4.50. The van der Waals surface area contributed by atoms with Crippen LogP contribution >= 0.6 is 15.9 Å². The van der Waals surface area contributed by atoms with Gasteiger partial charge in [0.15, 0.2) is 11.3 Å². The molecule has 1 amide bonds. The van der Waals surface area contributed by atoms with E-state index in [-0.39, 0.29) is 35.6 Å². The average molecular weight is 516 g/mol. The van der Waals surface area contributed by atoms with Gasteiger partial charge < -0.3 is 15.4 Å². The predicted molar refractivity (Wildman–Crippen MR) is 123 cm³/mol. The number of H-pyrrole nitrogens is 1. The van der Waals surface area contributed by atoms with Crippen molar-refractivity contribution >= 4 is 39.0 Å². The second-order valence-corrected chi connectivity index (χ2v) is 9.90. The molecule has 0 aliphatic carbocycles. The number of carbonyl (C=O) groups is 1. The van der Waals surface area contributed by atoms with E-state index in [0.29, 0.717) is 28.1 Å². The Kier molecular flexibility index (Phi) is 5.74. The summed E-state index contributed by atoms with van der Waals surface area (Å²) in [5.74, 6) is -0.122. The quantitative estimate of drug-likeness (QED) is 0.535. The minimum atomic E-state index is -1.25. The molecular weight excluding hydrogens is 493 g/mol. The van der Waals surface area contributed by atoms with Crippen LogP contribution in [0.4, 0.5) is 15.1 Å². The number of benzene rings is 1. The van der Waals surface area contributed by atoms with Crippen LogP contribution in [0.1, 0.15) is 44.9 Å². The SMILES string of the molecule is CC(C)(C)C1CC(OC(N)=O)(c2ccccc2F)CCN1c1nc(C#N)c2c(Br)n[nH]c2n1. The van der Waals surface area contributed by atoms with Gasteiger partial charge in [0, 0.05) is 31.0 Å². The van der Waals surface area contributed by atoms with Crippen molar-refractivity contribution in [2.45, 2.75) is 45.3 Å². The van der Waals surface area contributed by atoms with Crippen molar-refractivity contribution in [1.82, 2.24) is 20.2 Å². The lowest BCUT2D eigenvalue weighted by molar-refractivity contribution is -0.0307. The van der Waals surface area contributed by atoms with Crippen molar-refractivity contribution in [2.75, 3.05) is 11.4 Å². The van der Waals surface area contributed by atoms with E-state index in [2.05, 4.69) is 42.2 Å². The zero-order chi connectivity index (χ0) is 24.0. The summed E-state index contributed by atoms with van der Waals surface area (Å²) in [7, 11) is 0. The number of hydrogen-bond donors (Lipinski definition) is 2. The molecule has 3 aromatic rings. The van der Waals surface area contributed by atoms with Gasteiger partial charge in [-0.05, 0) is 27.4 Å². The van der Waals surface area contributed by atoms with Crippen LogP contribution in [0.15, 0.2) is 28.9 Å². The molecule has 2 atom stereocenters. The van der Waals surface area contributed by atoms with E-state index in [1.807, 2.05) is 25.7 Å². The van der Waals surface area contributed by atoms with Crippen LogP contribution in [0.2, 0.25) is 0 Å². The highest BCUT2D eigenvalue weighted by Gasteiger charge is 2.49. The number of aromatic nitrogens is 4. The molecule has 0 saturated carbocycles. The highest BCUT2D eigenvalue weighted by atomic mass is 79.9. The van der Waals surface area contributed by atoms with Gasteiger partial charge in [-0.1, -0.05) is 39.0 Å². The first-order valence-corrected chi connectivity index (χ1v) is 11.2. The third-order valence-electron chi connectivity index (χ3n) is 6.04. The van der Waals surface area contributed by atoms with Crippen LogP contribution in [0.3, 0.4) is 0 Å². The van der Waals surface area contributed by atoms with Crippen molar-refractivity contribution < 1.29 is 13.9 Å². The molecular formula is C22H23BrFN7O2. The van der Waals surface area contributed by atoms with E-state index in [1.165, 1.54) is 6.07 Å². The Labute approximate surface area is 198 Å². The monoisotopic (exact) mass is 515 g/mol. The van der Waals surface area contributed by atoms with Crippen LogP contribution in [0.5, 0.6) is 0 Å². The van der Waals surface area contributed by atoms with Gasteiger partial charge in [0.05, 0.1) is 5.39 Å². The summed E-state index contributed by atoms with van der Waals surface area (Å²) in [6.07, 6.45) is -0.443. The molecule has 2 aromatic heterocycles. The minimum absolute atomic E-state index is 0.183. The maximum absolute atomic E-state index is 14.9. The van der Waals surface area contributed by atoms with Crippen molar-refractivity contribution in [2.24, 2.45) is 11.1 Å². The second-order valence-electron chi connectivity index (χ2n) is 9.15. The van der Waals surface area contributed by atoms with Gasteiger partial charge in [0.1, 0.15) is 22.1 Å². The van der Waals surface area contributed by atoms with E-state index in [0.717, 1.165) is 0 Å². The predicted octanol–water partition coefficient (Wildman–Crippen LogP) is 4.13. The van der Waals surface area contributed by atoms with Gasteiger partial charge in [0.2, 0.25) is 5.95 Å². The molecule has 1 fully saturated rings. The maximum atomic E-state index is 14.9. The van der Waals surface area contributed by atoms with Crippen LogP contribution in [-0.4, -0.2) is 38.8 Å². The standard InChI is InChI=1S/C22H23BrFN7O2/c1-21(2,3)15-10-22(33-19(26)32,12-6-4-5-7-13(12)24)8-9-31(15)20-27-14(11-25)16-17(23)29-30-18(16)28-20/h4-7,15H,8-10H2,1-3H3,(H2,26,32)(H,27,28,29,30). The Morgan fingerprint density at radius 1 is 1.39 bits per heavy atom. The van der Waals surface area contributed by atoms with Gasteiger partial charge in [-0.15, -0.1) is 0 Å². The maximum Gasteiger partial charge on any atom is 0.405 e. The van der Waals surface area contributed by atoms with Gasteiger partial charge in [-0.3, -0.25) is 5.10 Å². The number of nitrogens with two attached hydrogens (primary N) is 1. The summed E-state index contributed by atoms with van der Waals surface area (Å²) in [4.78, 5) is 23.0. The number of hydrogen-bond acceptors (Lipinski definition) is 7. The number of nitrogens with one attached hydrogen (secondary N) is 1. The van der Waals surface area contributed by atoms with Gasteiger partial charge in [0.25, 0.3) is 0 Å². The molecule has 3 N–H and O–H groups in total. The van der Waals surface area contributed by atoms with E-state index < -0.39 is 17.5 Å². The third kappa shape index (κ3) is 4.11. The fourth-order valence-corrected chi connectivity index (χ4v) is 4.97. The molecule has 1 saturated heterocycles. The molecule has 33 heavy (non-hydrogen) atoms. The number of aromatic amines is 1. The summed E-state index contributed by atoms with van der Waals surface area (Å²) >= 11 is 3.31. The van der Waals surface area contributed by atoms with Gasteiger partial charge in [-0.2, -0.15) is 15.3 Å². The lowest BCUT2D eigenvalue weighted by Gasteiger charge is -2.50. The molecule has 2 unspecified atom stereocenters. The number of halogens is 2. The largest absolute Gasteiger partial charge is 0.438 e. The Hall–Kier alpha value is -3.26. The summed E-state index contributed by atoms with van der Waals surface area (Å²) in [6.45, 7) is 6.43. The Morgan fingerprint density at radius 3 is 2.76 bits per heavy atom. The number of rotatable bonds is 3. The molecule has 4 rings (SSSR count). The zero-order valence-corrected chi connectivity index (χ0v) is 20.0. The summed E-state index contributed by atoms with van der Waals surface area (Å²) in [5.41, 5.74) is 4.72. The molecule has 1 aromatic carbocycles. The van der Waals surface area contributed by atoms with Crippen LogP contribution in [0, 0.1) is 22.6 Å².